The first-order chi connectivity index (χ1) is 7.69. The Morgan fingerprint density at radius 3 is 2.53 bits per heavy atom. The minimum absolute atomic E-state index is 0.144. The normalized spacial score (nSPS) is 34.2. The summed E-state index contributed by atoms with van der Waals surface area (Å²) in [6.45, 7) is 6.90. The van der Waals surface area contributed by atoms with Gasteiger partial charge in [0.05, 0.1) is 12.1 Å². The molecule has 0 bridgehead atoms. The number of aliphatic hydroxyl groups excluding tert-OH is 2. The number of carbonyl (C=O) groups is 1. The molecule has 0 aromatic carbocycles. The lowest BCUT2D eigenvalue weighted by atomic mass is 10.00. The van der Waals surface area contributed by atoms with E-state index in [9.17, 15) is 15.0 Å². The highest BCUT2D eigenvalue weighted by molar-refractivity contribution is 5.68. The molecule has 0 saturated carbocycles. The summed E-state index contributed by atoms with van der Waals surface area (Å²) in [6.07, 6.45) is -2.83. The van der Waals surface area contributed by atoms with Gasteiger partial charge in [-0.3, -0.25) is 0 Å². The van der Waals surface area contributed by atoms with E-state index in [0.29, 0.717) is 0 Å². The van der Waals surface area contributed by atoms with Gasteiger partial charge >= 0.3 is 6.09 Å². The molecule has 6 nitrogen and oxygen atoms in total. The third kappa shape index (κ3) is 4.49. The average Bonchev–Trinajstić information content (AvgIpc) is 2.10. The van der Waals surface area contributed by atoms with Crippen molar-refractivity contribution in [2.75, 3.05) is 0 Å². The number of carbonyl (C=O) groups excluding carboxylic acids is 1. The summed E-state index contributed by atoms with van der Waals surface area (Å²) in [5, 5.41) is 21.7. The number of nitrogens with one attached hydrogen (secondary N) is 1. The Hall–Kier alpha value is -0.850. The molecule has 100 valence electrons. The van der Waals surface area contributed by atoms with Crippen LogP contribution in [-0.2, 0) is 9.47 Å². The van der Waals surface area contributed by atoms with E-state index in [4.69, 9.17) is 9.47 Å². The minimum Gasteiger partial charge on any atom is -0.444 e. The number of rotatable bonds is 1. The third-order valence-electron chi connectivity index (χ3n) is 2.42. The quantitative estimate of drug-likeness (QED) is 0.623. The molecule has 0 spiro atoms. The van der Waals surface area contributed by atoms with Crippen molar-refractivity contribution in [1.82, 2.24) is 5.32 Å². The molecule has 0 aliphatic carbocycles. The van der Waals surface area contributed by atoms with E-state index in [1.54, 1.807) is 27.7 Å². The molecule has 1 fully saturated rings. The molecule has 0 radical (unpaired) electrons. The predicted molar refractivity (Wildman–Crippen MR) is 60.3 cm³/mol. The van der Waals surface area contributed by atoms with E-state index in [2.05, 4.69) is 5.32 Å². The second-order valence-corrected chi connectivity index (χ2v) is 5.27. The first kappa shape index (κ1) is 14.2. The summed E-state index contributed by atoms with van der Waals surface area (Å²) in [5.41, 5.74) is -0.593. The summed E-state index contributed by atoms with van der Waals surface area (Å²) >= 11 is 0. The molecule has 0 aromatic rings. The van der Waals surface area contributed by atoms with Crippen molar-refractivity contribution in [2.24, 2.45) is 0 Å². The van der Waals surface area contributed by atoms with Gasteiger partial charge in [0.2, 0.25) is 0 Å². The maximum absolute atomic E-state index is 11.5. The number of alkyl carbamates (subject to hydrolysis) is 1. The van der Waals surface area contributed by atoms with Crippen LogP contribution >= 0.6 is 0 Å². The van der Waals surface area contributed by atoms with E-state index in [0.717, 1.165) is 0 Å². The maximum atomic E-state index is 11.5. The van der Waals surface area contributed by atoms with Gasteiger partial charge in [-0.15, -0.1) is 0 Å². The molecule has 1 aliphatic rings. The Balaban J connectivity index is 2.52. The lowest BCUT2D eigenvalue weighted by Gasteiger charge is -2.36. The maximum Gasteiger partial charge on any atom is 0.407 e. The van der Waals surface area contributed by atoms with Gasteiger partial charge in [0, 0.05) is 6.42 Å². The second kappa shape index (κ2) is 5.20. The van der Waals surface area contributed by atoms with Gasteiger partial charge in [0.25, 0.3) is 0 Å². The van der Waals surface area contributed by atoms with Crippen LogP contribution in [0.3, 0.4) is 0 Å². The zero-order valence-electron chi connectivity index (χ0n) is 10.6. The summed E-state index contributed by atoms with van der Waals surface area (Å²) in [5.74, 6) is 0. The molecule has 1 aliphatic heterocycles. The molecule has 1 amide bonds. The second-order valence-electron chi connectivity index (χ2n) is 5.27. The molecule has 6 heteroatoms. The molecule has 0 aromatic heterocycles. The first-order valence-electron chi connectivity index (χ1n) is 5.70. The molecule has 1 saturated heterocycles. The standard InChI is InChI=1S/C11H21NO5/c1-6-9(14)7(5-8(13)16-6)12-10(15)17-11(2,3)4/h6-9,13-14H,5H2,1-4H3,(H,12,15). The van der Waals surface area contributed by atoms with E-state index < -0.39 is 36.2 Å². The minimum atomic E-state index is -0.978. The van der Waals surface area contributed by atoms with Crippen LogP contribution in [0.15, 0.2) is 0 Å². The summed E-state index contributed by atoms with van der Waals surface area (Å²) < 4.78 is 10.1. The lowest BCUT2D eigenvalue weighted by Crippen LogP contribution is -2.55. The van der Waals surface area contributed by atoms with Crippen molar-refractivity contribution < 1.29 is 24.5 Å². The van der Waals surface area contributed by atoms with Gasteiger partial charge in [0.15, 0.2) is 6.29 Å². The summed E-state index contributed by atoms with van der Waals surface area (Å²) in [6, 6.07) is -0.566. The van der Waals surface area contributed by atoms with Crippen molar-refractivity contribution in [3.05, 3.63) is 0 Å². The number of hydrogen-bond donors (Lipinski definition) is 3. The van der Waals surface area contributed by atoms with E-state index in [-0.39, 0.29) is 6.42 Å². The fourth-order valence-electron chi connectivity index (χ4n) is 1.67. The van der Waals surface area contributed by atoms with Crippen LogP contribution in [0.1, 0.15) is 34.1 Å². The molecule has 4 atom stereocenters. The van der Waals surface area contributed by atoms with Gasteiger partial charge in [-0.25, -0.2) is 4.79 Å². The van der Waals surface area contributed by atoms with Crippen molar-refractivity contribution in [1.29, 1.82) is 0 Å². The first-order valence-corrected chi connectivity index (χ1v) is 5.70. The lowest BCUT2D eigenvalue weighted by molar-refractivity contribution is -0.201. The number of hydrogen-bond acceptors (Lipinski definition) is 5. The number of aliphatic hydroxyl groups is 2. The summed E-state index contributed by atoms with van der Waals surface area (Å²) in [7, 11) is 0. The highest BCUT2D eigenvalue weighted by atomic mass is 16.6. The third-order valence-corrected chi connectivity index (χ3v) is 2.42. The van der Waals surface area contributed by atoms with Gasteiger partial charge < -0.3 is 25.0 Å². The Morgan fingerprint density at radius 2 is 2.00 bits per heavy atom. The van der Waals surface area contributed by atoms with Crippen molar-refractivity contribution in [2.45, 2.75) is 64.3 Å². The Morgan fingerprint density at radius 1 is 1.41 bits per heavy atom. The molecular formula is C11H21NO5. The van der Waals surface area contributed by atoms with Gasteiger partial charge in [-0.05, 0) is 27.7 Å². The zero-order valence-corrected chi connectivity index (χ0v) is 10.6. The van der Waals surface area contributed by atoms with Crippen LogP contribution in [0, 0.1) is 0 Å². The molecule has 1 rings (SSSR count). The SMILES string of the molecule is CC1OC(O)CC(NC(=O)OC(C)(C)C)C1O. The van der Waals surface area contributed by atoms with E-state index in [1.165, 1.54) is 0 Å². The van der Waals surface area contributed by atoms with E-state index in [1.807, 2.05) is 0 Å². The van der Waals surface area contributed by atoms with Crippen molar-refractivity contribution in [3.8, 4) is 0 Å². The zero-order chi connectivity index (χ0) is 13.2. The molecule has 1 heterocycles. The molecular weight excluding hydrogens is 226 g/mol. The van der Waals surface area contributed by atoms with Crippen molar-refractivity contribution >= 4 is 6.09 Å². The Labute approximate surface area is 101 Å². The Bertz CT molecular complexity index is 276. The predicted octanol–water partition coefficient (Wildman–Crippen LogP) is 0.368. The van der Waals surface area contributed by atoms with Crippen LogP contribution in [0.2, 0.25) is 0 Å². The Kier molecular flexibility index (Phi) is 4.35. The topological polar surface area (TPSA) is 88.0 Å². The van der Waals surface area contributed by atoms with Gasteiger partial charge in [-0.1, -0.05) is 0 Å². The highest BCUT2D eigenvalue weighted by Crippen LogP contribution is 2.19. The van der Waals surface area contributed by atoms with Crippen LogP contribution in [0.5, 0.6) is 0 Å². The monoisotopic (exact) mass is 247 g/mol. The van der Waals surface area contributed by atoms with Crippen LogP contribution in [-0.4, -0.2) is 46.4 Å². The molecule has 17 heavy (non-hydrogen) atoms. The number of amides is 1. The van der Waals surface area contributed by atoms with Crippen LogP contribution < -0.4 is 5.32 Å². The highest BCUT2D eigenvalue weighted by Gasteiger charge is 2.36. The van der Waals surface area contributed by atoms with Gasteiger partial charge in [0.1, 0.15) is 11.7 Å². The molecule has 4 unspecified atom stereocenters. The van der Waals surface area contributed by atoms with Gasteiger partial charge in [-0.2, -0.15) is 0 Å². The largest absolute Gasteiger partial charge is 0.444 e. The van der Waals surface area contributed by atoms with Crippen LogP contribution in [0.4, 0.5) is 4.79 Å². The average molecular weight is 247 g/mol. The fraction of sp³-hybridized carbons (Fsp3) is 0.909. The molecule has 3 N–H and O–H groups in total. The number of ether oxygens (including phenoxy) is 2. The van der Waals surface area contributed by atoms with Crippen molar-refractivity contribution in [3.63, 3.8) is 0 Å². The fourth-order valence-corrected chi connectivity index (χ4v) is 1.67. The van der Waals surface area contributed by atoms with E-state index >= 15 is 0 Å². The van der Waals surface area contributed by atoms with Crippen LogP contribution in [0.25, 0.3) is 0 Å². The smallest absolute Gasteiger partial charge is 0.407 e. The summed E-state index contributed by atoms with van der Waals surface area (Å²) in [4.78, 5) is 11.5.